The number of carbonyl (C=O) groups excluding carboxylic acids is 2. The molecule has 1 aromatic carbocycles. The molecule has 0 saturated heterocycles. The van der Waals surface area contributed by atoms with Gasteiger partial charge in [0.1, 0.15) is 5.76 Å². The highest BCUT2D eigenvalue weighted by Crippen LogP contribution is 2.30. The summed E-state index contributed by atoms with van der Waals surface area (Å²) in [5, 5.41) is 14.3. The number of benzene rings is 1. The maximum Gasteiger partial charge on any atom is 0.270 e. The summed E-state index contributed by atoms with van der Waals surface area (Å²) < 4.78 is 4.83. The lowest BCUT2D eigenvalue weighted by molar-refractivity contribution is -0.384. The topological polar surface area (TPSA) is 107 Å². The van der Waals surface area contributed by atoms with E-state index in [-0.39, 0.29) is 22.6 Å². The van der Waals surface area contributed by atoms with Crippen LogP contribution in [0.1, 0.15) is 26.5 Å². The molecule has 2 aromatic rings. The molecule has 1 aromatic heterocycles. The second kappa shape index (κ2) is 3.98. The molecule has 0 unspecified atom stereocenters. The number of nitro groups is 1. The first-order valence-electron chi connectivity index (χ1n) is 5.59. The minimum Gasteiger partial charge on any atom is -0.360 e. The van der Waals surface area contributed by atoms with E-state index in [1.54, 1.807) is 6.92 Å². The molecular weight excluding hydrogens is 266 g/mol. The van der Waals surface area contributed by atoms with Crippen LogP contribution in [0, 0.1) is 17.0 Å². The van der Waals surface area contributed by atoms with E-state index in [0.29, 0.717) is 5.76 Å². The predicted molar refractivity (Wildman–Crippen MR) is 65.5 cm³/mol. The van der Waals surface area contributed by atoms with Crippen LogP contribution >= 0.6 is 0 Å². The molecule has 8 nitrogen and oxygen atoms in total. The van der Waals surface area contributed by atoms with Gasteiger partial charge in [0.05, 0.1) is 16.1 Å². The number of hydrogen-bond acceptors (Lipinski definition) is 6. The number of hydrogen-bond donors (Lipinski definition) is 0. The molecule has 100 valence electrons. The summed E-state index contributed by atoms with van der Waals surface area (Å²) in [5.74, 6) is -0.714. The largest absolute Gasteiger partial charge is 0.360 e. The van der Waals surface area contributed by atoms with Gasteiger partial charge in [-0.3, -0.25) is 19.7 Å². The van der Waals surface area contributed by atoms with Gasteiger partial charge in [-0.25, -0.2) is 4.90 Å². The Bertz CT molecular complexity index is 764. The van der Waals surface area contributed by atoms with E-state index in [1.165, 1.54) is 18.2 Å². The van der Waals surface area contributed by atoms with Gasteiger partial charge < -0.3 is 4.52 Å². The first kappa shape index (κ1) is 12.0. The first-order valence-corrected chi connectivity index (χ1v) is 5.59. The van der Waals surface area contributed by atoms with Crippen LogP contribution in [0.4, 0.5) is 11.5 Å². The van der Waals surface area contributed by atoms with E-state index in [0.717, 1.165) is 11.0 Å². The van der Waals surface area contributed by atoms with Crippen molar-refractivity contribution in [3.05, 3.63) is 51.3 Å². The van der Waals surface area contributed by atoms with Crippen LogP contribution in [0.5, 0.6) is 0 Å². The summed E-state index contributed by atoms with van der Waals surface area (Å²) in [6.07, 6.45) is 0. The number of nitro benzene ring substituents is 1. The Balaban J connectivity index is 2.10. The van der Waals surface area contributed by atoms with E-state index in [4.69, 9.17) is 4.52 Å². The average Bonchev–Trinajstić information content (AvgIpc) is 2.93. The second-order valence-electron chi connectivity index (χ2n) is 4.23. The van der Waals surface area contributed by atoms with Gasteiger partial charge in [0, 0.05) is 18.2 Å². The van der Waals surface area contributed by atoms with Crippen molar-refractivity contribution >= 4 is 23.3 Å². The average molecular weight is 273 g/mol. The highest BCUT2D eigenvalue weighted by atomic mass is 16.6. The lowest BCUT2D eigenvalue weighted by atomic mass is 10.1. The fourth-order valence-electron chi connectivity index (χ4n) is 2.01. The molecule has 0 fully saturated rings. The first-order chi connectivity index (χ1) is 9.49. The van der Waals surface area contributed by atoms with Gasteiger partial charge in [0.25, 0.3) is 17.5 Å². The number of nitrogens with zero attached hydrogens (tertiary/aromatic N) is 3. The number of aryl methyl sites for hydroxylation is 1. The molecular formula is C12H7N3O5. The number of aromatic nitrogens is 1. The monoisotopic (exact) mass is 273 g/mol. The third kappa shape index (κ3) is 1.58. The molecule has 3 rings (SSSR count). The van der Waals surface area contributed by atoms with Crippen LogP contribution in [-0.4, -0.2) is 21.9 Å². The van der Waals surface area contributed by atoms with Gasteiger partial charge in [-0.05, 0) is 13.0 Å². The van der Waals surface area contributed by atoms with Crippen molar-refractivity contribution in [1.29, 1.82) is 0 Å². The third-order valence-electron chi connectivity index (χ3n) is 2.93. The van der Waals surface area contributed by atoms with Gasteiger partial charge >= 0.3 is 0 Å². The molecule has 0 bridgehead atoms. The van der Waals surface area contributed by atoms with E-state index < -0.39 is 16.7 Å². The van der Waals surface area contributed by atoms with Gasteiger partial charge in [0.2, 0.25) is 0 Å². The molecule has 20 heavy (non-hydrogen) atoms. The number of imide groups is 1. The van der Waals surface area contributed by atoms with Crippen molar-refractivity contribution in [3.8, 4) is 0 Å². The Hall–Kier alpha value is -3.03. The normalized spacial score (nSPS) is 13.8. The molecule has 0 aliphatic carbocycles. The number of anilines is 1. The van der Waals surface area contributed by atoms with E-state index in [1.807, 2.05) is 0 Å². The molecule has 0 spiro atoms. The maximum atomic E-state index is 12.2. The maximum absolute atomic E-state index is 12.2. The highest BCUT2D eigenvalue weighted by molar-refractivity contribution is 6.34. The molecule has 2 heterocycles. The lowest BCUT2D eigenvalue weighted by Gasteiger charge is -2.07. The van der Waals surface area contributed by atoms with Crippen molar-refractivity contribution < 1.29 is 19.0 Å². The fraction of sp³-hybridized carbons (Fsp3) is 0.0833. The lowest BCUT2D eigenvalue weighted by Crippen LogP contribution is -2.29. The number of fused-ring (bicyclic) bond motifs is 1. The van der Waals surface area contributed by atoms with Gasteiger partial charge in [-0.15, -0.1) is 0 Å². The summed E-state index contributed by atoms with van der Waals surface area (Å²) in [4.78, 5) is 35.3. The van der Waals surface area contributed by atoms with E-state index in [2.05, 4.69) is 5.16 Å². The Morgan fingerprint density at radius 2 is 1.90 bits per heavy atom. The van der Waals surface area contributed by atoms with Crippen LogP contribution < -0.4 is 4.90 Å². The van der Waals surface area contributed by atoms with Crippen LogP contribution in [-0.2, 0) is 0 Å². The van der Waals surface area contributed by atoms with Crippen LogP contribution in [0.2, 0.25) is 0 Å². The van der Waals surface area contributed by atoms with Crippen LogP contribution in [0.15, 0.2) is 28.8 Å². The van der Waals surface area contributed by atoms with Crippen molar-refractivity contribution in [3.63, 3.8) is 0 Å². The van der Waals surface area contributed by atoms with Crippen LogP contribution in [0.3, 0.4) is 0 Å². The summed E-state index contributed by atoms with van der Waals surface area (Å²) in [7, 11) is 0. The van der Waals surface area contributed by atoms with Crippen molar-refractivity contribution in [2.45, 2.75) is 6.92 Å². The fourth-order valence-corrected chi connectivity index (χ4v) is 2.01. The third-order valence-corrected chi connectivity index (χ3v) is 2.93. The Morgan fingerprint density at radius 1 is 1.20 bits per heavy atom. The summed E-state index contributed by atoms with van der Waals surface area (Å²) in [6, 6.07) is 4.97. The Morgan fingerprint density at radius 3 is 2.50 bits per heavy atom. The Kier molecular flexibility index (Phi) is 2.40. The molecule has 0 atom stereocenters. The Labute approximate surface area is 111 Å². The number of amides is 2. The van der Waals surface area contributed by atoms with E-state index >= 15 is 0 Å². The quantitative estimate of drug-likeness (QED) is 0.468. The number of carbonyl (C=O) groups is 2. The molecule has 0 saturated carbocycles. The SMILES string of the molecule is Cc1cc(N2C(=O)c3ccc([N+](=O)[O-])cc3C2=O)no1. The minimum atomic E-state index is -0.651. The minimum absolute atomic E-state index is 0.00940. The van der Waals surface area contributed by atoms with Gasteiger partial charge in [-0.1, -0.05) is 5.16 Å². The number of non-ortho nitro benzene ring substituents is 1. The van der Waals surface area contributed by atoms with E-state index in [9.17, 15) is 19.7 Å². The number of rotatable bonds is 2. The van der Waals surface area contributed by atoms with Gasteiger partial charge in [-0.2, -0.15) is 0 Å². The summed E-state index contributed by atoms with van der Waals surface area (Å²) in [5.41, 5.74) is -0.144. The molecule has 1 aliphatic rings. The molecule has 0 radical (unpaired) electrons. The molecule has 0 N–H and O–H groups in total. The molecule has 2 amide bonds. The molecule has 1 aliphatic heterocycles. The highest BCUT2D eigenvalue weighted by Gasteiger charge is 2.39. The van der Waals surface area contributed by atoms with Gasteiger partial charge in [0.15, 0.2) is 5.82 Å². The summed E-state index contributed by atoms with van der Waals surface area (Å²) in [6.45, 7) is 1.62. The van der Waals surface area contributed by atoms with Crippen LogP contribution in [0.25, 0.3) is 0 Å². The van der Waals surface area contributed by atoms with Crippen molar-refractivity contribution in [1.82, 2.24) is 5.16 Å². The zero-order valence-electron chi connectivity index (χ0n) is 10.2. The second-order valence-corrected chi connectivity index (χ2v) is 4.23. The summed E-state index contributed by atoms with van der Waals surface area (Å²) >= 11 is 0. The van der Waals surface area contributed by atoms with Crippen molar-refractivity contribution in [2.24, 2.45) is 0 Å². The zero-order valence-corrected chi connectivity index (χ0v) is 10.2. The van der Waals surface area contributed by atoms with Crippen molar-refractivity contribution in [2.75, 3.05) is 4.90 Å². The predicted octanol–water partition coefficient (Wildman–Crippen LogP) is 1.69. The molecule has 8 heteroatoms. The standard InChI is InChI=1S/C12H7N3O5/c1-6-4-10(13-20-6)14-11(16)8-3-2-7(15(18)19)5-9(8)12(14)17/h2-5H,1H3. The smallest absolute Gasteiger partial charge is 0.270 e. The zero-order chi connectivity index (χ0) is 14.4.